The van der Waals surface area contributed by atoms with Crippen molar-refractivity contribution in [1.29, 1.82) is 0 Å². The van der Waals surface area contributed by atoms with Crippen LogP contribution in [0.1, 0.15) is 71.6 Å². The van der Waals surface area contributed by atoms with Crippen LogP contribution in [0.25, 0.3) is 0 Å². The number of carbonyl (C=O) groups excluding carboxylic acids is 2. The second-order valence-electron chi connectivity index (χ2n) is 7.45. The number of H-pyrrole nitrogens is 1. The molecule has 2 saturated carbocycles. The van der Waals surface area contributed by atoms with Crippen molar-refractivity contribution < 1.29 is 14.3 Å². The zero-order valence-electron chi connectivity index (χ0n) is 15.1. The molecule has 5 heteroatoms. The molecule has 4 atom stereocenters. The van der Waals surface area contributed by atoms with Crippen LogP contribution < -0.4 is 5.32 Å². The van der Waals surface area contributed by atoms with Crippen LogP contribution in [0.15, 0.2) is 0 Å². The summed E-state index contributed by atoms with van der Waals surface area (Å²) >= 11 is 0. The third-order valence-corrected chi connectivity index (χ3v) is 5.94. The number of amides is 1. The molecular formula is C19H28N2O3. The first-order valence-corrected chi connectivity index (χ1v) is 9.09. The lowest BCUT2D eigenvalue weighted by Crippen LogP contribution is -2.40. The Hall–Kier alpha value is -1.78. The summed E-state index contributed by atoms with van der Waals surface area (Å²) in [4.78, 5) is 27.8. The number of aromatic amines is 1. The van der Waals surface area contributed by atoms with Crippen molar-refractivity contribution >= 4 is 11.9 Å². The minimum Gasteiger partial charge on any atom is -0.462 e. The van der Waals surface area contributed by atoms with E-state index >= 15 is 0 Å². The van der Waals surface area contributed by atoms with Crippen molar-refractivity contribution in [2.24, 2.45) is 17.8 Å². The highest BCUT2D eigenvalue weighted by atomic mass is 16.5. The number of fused-ring (bicyclic) bond motifs is 2. The first kappa shape index (κ1) is 17.1. The number of rotatable bonds is 5. The molecule has 2 bridgehead atoms. The fraction of sp³-hybridized carbons (Fsp3) is 0.684. The van der Waals surface area contributed by atoms with E-state index < -0.39 is 0 Å². The molecule has 2 aliphatic rings. The van der Waals surface area contributed by atoms with E-state index in [0.717, 1.165) is 11.8 Å². The summed E-state index contributed by atoms with van der Waals surface area (Å²) in [6, 6.07) is 0.168. The second-order valence-corrected chi connectivity index (χ2v) is 7.45. The minimum atomic E-state index is -0.371. The van der Waals surface area contributed by atoms with Gasteiger partial charge in [-0.3, -0.25) is 4.79 Å². The van der Waals surface area contributed by atoms with Crippen LogP contribution >= 0.6 is 0 Å². The van der Waals surface area contributed by atoms with Crippen molar-refractivity contribution in [1.82, 2.24) is 10.3 Å². The Bertz CT molecular complexity index is 649. The topological polar surface area (TPSA) is 71.2 Å². The Balaban J connectivity index is 1.71. The van der Waals surface area contributed by atoms with Gasteiger partial charge in [0, 0.05) is 11.7 Å². The van der Waals surface area contributed by atoms with Gasteiger partial charge in [-0.05, 0) is 70.3 Å². The van der Waals surface area contributed by atoms with E-state index in [-0.39, 0.29) is 17.9 Å². The van der Waals surface area contributed by atoms with Crippen molar-refractivity contribution in [3.05, 3.63) is 22.5 Å². The van der Waals surface area contributed by atoms with Gasteiger partial charge in [-0.25, -0.2) is 4.79 Å². The van der Waals surface area contributed by atoms with Crippen LogP contribution in [-0.4, -0.2) is 29.5 Å². The molecule has 1 aromatic rings. The summed E-state index contributed by atoms with van der Waals surface area (Å²) in [7, 11) is 0. The highest BCUT2D eigenvalue weighted by molar-refractivity contribution is 6.00. The van der Waals surface area contributed by atoms with E-state index in [1.54, 1.807) is 20.8 Å². The van der Waals surface area contributed by atoms with Gasteiger partial charge in [0.25, 0.3) is 5.91 Å². The maximum atomic E-state index is 12.7. The molecule has 24 heavy (non-hydrogen) atoms. The highest BCUT2D eigenvalue weighted by Gasteiger charge is 2.42. The molecule has 2 N–H and O–H groups in total. The molecule has 2 fully saturated rings. The smallest absolute Gasteiger partial charge is 0.340 e. The Kier molecular flexibility index (Phi) is 4.70. The van der Waals surface area contributed by atoms with Crippen molar-refractivity contribution in [3.8, 4) is 0 Å². The van der Waals surface area contributed by atoms with Gasteiger partial charge in [-0.1, -0.05) is 6.42 Å². The molecule has 0 radical (unpaired) electrons. The van der Waals surface area contributed by atoms with Gasteiger partial charge in [0.15, 0.2) is 0 Å². The monoisotopic (exact) mass is 332 g/mol. The summed E-state index contributed by atoms with van der Waals surface area (Å²) in [5.74, 6) is 1.73. The SMILES string of the molecule is CCOC(=O)c1c(C)[nH]c(C(=O)N[C@@H](C)[C@H]2C[C@H]3CC[C@@H]2C3)c1C. The molecule has 5 nitrogen and oxygen atoms in total. The van der Waals surface area contributed by atoms with Gasteiger partial charge in [-0.15, -0.1) is 0 Å². The van der Waals surface area contributed by atoms with Gasteiger partial charge in [0.1, 0.15) is 5.69 Å². The zero-order chi connectivity index (χ0) is 17.4. The molecule has 1 aromatic heterocycles. The van der Waals surface area contributed by atoms with Gasteiger partial charge >= 0.3 is 5.97 Å². The summed E-state index contributed by atoms with van der Waals surface area (Å²) in [5, 5.41) is 3.15. The van der Waals surface area contributed by atoms with Crippen LogP contribution in [0.2, 0.25) is 0 Å². The van der Waals surface area contributed by atoms with E-state index in [2.05, 4.69) is 17.2 Å². The number of hydrogen-bond donors (Lipinski definition) is 2. The van der Waals surface area contributed by atoms with Gasteiger partial charge in [-0.2, -0.15) is 0 Å². The number of nitrogens with one attached hydrogen (secondary N) is 2. The molecule has 0 aliphatic heterocycles. The van der Waals surface area contributed by atoms with Gasteiger partial charge < -0.3 is 15.0 Å². The van der Waals surface area contributed by atoms with E-state index in [0.29, 0.717) is 35.0 Å². The number of ether oxygens (including phenoxy) is 1. The Labute approximate surface area is 143 Å². The molecular weight excluding hydrogens is 304 g/mol. The predicted molar refractivity (Wildman–Crippen MR) is 92.1 cm³/mol. The maximum absolute atomic E-state index is 12.7. The average Bonchev–Trinajstić information content (AvgIpc) is 3.21. The number of hydrogen-bond acceptors (Lipinski definition) is 3. The van der Waals surface area contributed by atoms with Crippen molar-refractivity contribution in [2.75, 3.05) is 6.61 Å². The summed E-state index contributed by atoms with van der Waals surface area (Å²) in [6.07, 6.45) is 5.24. The molecule has 2 aliphatic carbocycles. The molecule has 0 saturated heterocycles. The van der Waals surface area contributed by atoms with Crippen LogP contribution in [0.3, 0.4) is 0 Å². The largest absolute Gasteiger partial charge is 0.462 e. The number of aromatic nitrogens is 1. The fourth-order valence-corrected chi connectivity index (χ4v) is 4.78. The van der Waals surface area contributed by atoms with Crippen molar-refractivity contribution in [2.45, 2.75) is 59.4 Å². The first-order chi connectivity index (χ1) is 11.4. The summed E-state index contributed by atoms with van der Waals surface area (Å²) in [5.41, 5.74) is 2.31. The van der Waals surface area contributed by atoms with Crippen LogP contribution in [0, 0.1) is 31.6 Å². The molecule has 1 heterocycles. The highest BCUT2D eigenvalue weighted by Crippen LogP contribution is 2.49. The van der Waals surface area contributed by atoms with E-state index in [1.807, 2.05) is 0 Å². The number of esters is 1. The lowest BCUT2D eigenvalue weighted by molar-refractivity contribution is 0.0525. The molecule has 0 aromatic carbocycles. The third kappa shape index (κ3) is 2.96. The normalized spacial score (nSPS) is 26.4. The minimum absolute atomic E-state index is 0.124. The Morgan fingerprint density at radius 1 is 1.29 bits per heavy atom. The molecule has 1 amide bonds. The maximum Gasteiger partial charge on any atom is 0.340 e. The zero-order valence-corrected chi connectivity index (χ0v) is 15.1. The molecule has 132 valence electrons. The van der Waals surface area contributed by atoms with Crippen LogP contribution in [0.5, 0.6) is 0 Å². The quantitative estimate of drug-likeness (QED) is 0.812. The third-order valence-electron chi connectivity index (χ3n) is 5.94. The van der Waals surface area contributed by atoms with Crippen LogP contribution in [-0.2, 0) is 4.74 Å². The number of aryl methyl sites for hydroxylation is 1. The Morgan fingerprint density at radius 3 is 2.62 bits per heavy atom. The van der Waals surface area contributed by atoms with Crippen LogP contribution in [0.4, 0.5) is 0 Å². The molecule has 0 spiro atoms. The van der Waals surface area contributed by atoms with Crippen molar-refractivity contribution in [3.63, 3.8) is 0 Å². The Morgan fingerprint density at radius 2 is 2.04 bits per heavy atom. The standard InChI is InChI=1S/C19H28N2O3/c1-5-24-19(23)16-10(2)17(20-12(16)4)18(22)21-11(3)15-9-13-6-7-14(15)8-13/h11,13-15,20H,5-9H2,1-4H3,(H,21,22)/t11-,13-,14+,15+/m0/s1. The summed E-state index contributed by atoms with van der Waals surface area (Å²) in [6.45, 7) is 7.81. The number of carbonyl (C=O) groups is 2. The molecule has 0 unspecified atom stereocenters. The summed E-state index contributed by atoms with van der Waals surface area (Å²) < 4.78 is 5.09. The lowest BCUT2D eigenvalue weighted by Gasteiger charge is -2.28. The average molecular weight is 332 g/mol. The first-order valence-electron chi connectivity index (χ1n) is 9.09. The lowest BCUT2D eigenvalue weighted by atomic mass is 9.84. The van der Waals surface area contributed by atoms with E-state index in [1.165, 1.54) is 25.7 Å². The van der Waals surface area contributed by atoms with E-state index in [4.69, 9.17) is 4.74 Å². The van der Waals surface area contributed by atoms with E-state index in [9.17, 15) is 9.59 Å². The van der Waals surface area contributed by atoms with Gasteiger partial charge in [0.2, 0.25) is 0 Å². The fourth-order valence-electron chi connectivity index (χ4n) is 4.78. The predicted octanol–water partition coefficient (Wildman–Crippen LogP) is 3.36. The second kappa shape index (κ2) is 6.61. The van der Waals surface area contributed by atoms with Gasteiger partial charge in [0.05, 0.1) is 12.2 Å². The molecule has 3 rings (SSSR count).